The van der Waals surface area contributed by atoms with E-state index in [-0.39, 0.29) is 12.3 Å². The second kappa shape index (κ2) is 10.8. The van der Waals surface area contributed by atoms with Gasteiger partial charge in [-0.15, -0.1) is 0 Å². The molecule has 0 aliphatic rings. The molecule has 32 heavy (non-hydrogen) atoms. The summed E-state index contributed by atoms with van der Waals surface area (Å²) in [5.41, 5.74) is 1.74. The van der Waals surface area contributed by atoms with E-state index in [4.69, 9.17) is 18.9 Å². The molecule has 3 rings (SSSR count). The number of benzene rings is 3. The molecule has 1 amide bonds. The van der Waals surface area contributed by atoms with Crippen LogP contribution in [0.5, 0.6) is 23.0 Å². The summed E-state index contributed by atoms with van der Waals surface area (Å²) < 4.78 is 22.3. The minimum Gasteiger partial charge on any atom is -0.493 e. The average molecular weight is 438 g/mol. The van der Waals surface area contributed by atoms with Gasteiger partial charge in [0.2, 0.25) is 11.7 Å². The fourth-order valence-corrected chi connectivity index (χ4v) is 3.75. The number of amides is 1. The summed E-state index contributed by atoms with van der Waals surface area (Å²) in [4.78, 5) is 14.9. The van der Waals surface area contributed by atoms with Crippen molar-refractivity contribution in [3.63, 3.8) is 0 Å². The van der Waals surface area contributed by atoms with Gasteiger partial charge < -0.3 is 23.8 Å². The van der Waals surface area contributed by atoms with Crippen molar-refractivity contribution >= 4 is 16.7 Å². The summed E-state index contributed by atoms with van der Waals surface area (Å²) in [6.07, 6.45) is 1.09. The number of nitrogens with zero attached hydrogens (tertiary/aromatic N) is 1. The van der Waals surface area contributed by atoms with E-state index in [1.165, 1.54) is 0 Å². The van der Waals surface area contributed by atoms with Gasteiger partial charge in [-0.3, -0.25) is 4.79 Å². The molecule has 0 fully saturated rings. The molecule has 3 aromatic rings. The number of ether oxygens (including phenoxy) is 4. The van der Waals surface area contributed by atoms with Crippen molar-refractivity contribution in [3.05, 3.63) is 59.7 Å². The highest BCUT2D eigenvalue weighted by Crippen LogP contribution is 2.40. The summed E-state index contributed by atoms with van der Waals surface area (Å²) in [5.74, 6) is 2.32. The molecule has 0 bridgehead atoms. The second-order valence-corrected chi connectivity index (χ2v) is 7.53. The summed E-state index contributed by atoms with van der Waals surface area (Å²) in [6.45, 7) is 3.15. The van der Waals surface area contributed by atoms with Crippen molar-refractivity contribution in [1.82, 2.24) is 4.90 Å². The number of rotatable bonds is 10. The maximum absolute atomic E-state index is 13.2. The summed E-state index contributed by atoms with van der Waals surface area (Å²) in [7, 11) is 6.48. The molecule has 6 nitrogen and oxygen atoms in total. The van der Waals surface area contributed by atoms with Gasteiger partial charge in [-0.05, 0) is 29.3 Å². The molecular formula is C26H31NO5. The van der Waals surface area contributed by atoms with E-state index in [0.717, 1.165) is 34.1 Å². The lowest BCUT2D eigenvalue weighted by atomic mass is 10.0. The molecule has 0 aliphatic carbocycles. The van der Waals surface area contributed by atoms with Crippen molar-refractivity contribution in [1.29, 1.82) is 0 Å². The van der Waals surface area contributed by atoms with Crippen LogP contribution in [0.3, 0.4) is 0 Å². The first-order chi connectivity index (χ1) is 15.5. The van der Waals surface area contributed by atoms with E-state index in [0.29, 0.717) is 30.4 Å². The van der Waals surface area contributed by atoms with Crippen molar-refractivity contribution in [2.24, 2.45) is 0 Å². The summed E-state index contributed by atoms with van der Waals surface area (Å²) >= 11 is 0. The number of likely N-dealkylation sites (N-methyl/N-ethyl adjacent to an activating group) is 1. The molecule has 0 heterocycles. The second-order valence-electron chi connectivity index (χ2n) is 7.53. The highest BCUT2D eigenvalue weighted by molar-refractivity contribution is 5.88. The number of fused-ring (bicyclic) bond motifs is 1. The fourth-order valence-electron chi connectivity index (χ4n) is 3.75. The van der Waals surface area contributed by atoms with Crippen LogP contribution in [0.25, 0.3) is 10.8 Å². The van der Waals surface area contributed by atoms with Crippen LogP contribution in [0.2, 0.25) is 0 Å². The molecular weight excluding hydrogens is 406 g/mol. The van der Waals surface area contributed by atoms with Gasteiger partial charge in [0, 0.05) is 24.7 Å². The minimum absolute atomic E-state index is 0.0371. The van der Waals surface area contributed by atoms with Crippen LogP contribution < -0.4 is 18.9 Å². The van der Waals surface area contributed by atoms with Crippen molar-refractivity contribution in [2.75, 3.05) is 35.0 Å². The van der Waals surface area contributed by atoms with E-state index in [1.54, 1.807) is 39.3 Å². The number of carbonyl (C=O) groups excluding carboxylic acids is 1. The van der Waals surface area contributed by atoms with Gasteiger partial charge in [0.1, 0.15) is 5.75 Å². The molecule has 170 valence electrons. The Hall–Kier alpha value is -3.41. The van der Waals surface area contributed by atoms with Crippen molar-refractivity contribution in [2.45, 2.75) is 26.3 Å². The van der Waals surface area contributed by atoms with Crippen LogP contribution in [0.4, 0.5) is 0 Å². The Kier molecular flexibility index (Phi) is 7.82. The zero-order valence-electron chi connectivity index (χ0n) is 19.4. The zero-order valence-corrected chi connectivity index (χ0v) is 19.4. The Labute approximate surface area is 189 Å². The predicted molar refractivity (Wildman–Crippen MR) is 126 cm³/mol. The highest BCUT2D eigenvalue weighted by atomic mass is 16.5. The topological polar surface area (TPSA) is 57.2 Å². The quantitative estimate of drug-likeness (QED) is 0.454. The van der Waals surface area contributed by atoms with Gasteiger partial charge in [-0.25, -0.2) is 0 Å². The van der Waals surface area contributed by atoms with Crippen molar-refractivity contribution < 1.29 is 23.7 Å². The van der Waals surface area contributed by atoms with Gasteiger partial charge in [-0.1, -0.05) is 43.3 Å². The molecule has 0 spiro atoms. The molecule has 0 radical (unpaired) electrons. The van der Waals surface area contributed by atoms with Gasteiger partial charge in [-0.2, -0.15) is 0 Å². The maximum Gasteiger partial charge on any atom is 0.227 e. The Morgan fingerprint density at radius 1 is 0.875 bits per heavy atom. The molecule has 0 unspecified atom stereocenters. The molecule has 0 atom stereocenters. The molecule has 0 aromatic heterocycles. The SMILES string of the molecule is CCCOc1ccc2ccccc2c1CN(C)C(=O)Cc1ccc(OC)c(OC)c1OC. The van der Waals surface area contributed by atoms with Crippen LogP contribution in [-0.4, -0.2) is 45.8 Å². The van der Waals surface area contributed by atoms with E-state index < -0.39 is 0 Å². The van der Waals surface area contributed by atoms with Gasteiger partial charge >= 0.3 is 0 Å². The van der Waals surface area contributed by atoms with Crippen LogP contribution in [-0.2, 0) is 17.8 Å². The lowest BCUT2D eigenvalue weighted by Crippen LogP contribution is -2.28. The average Bonchev–Trinajstić information content (AvgIpc) is 2.82. The van der Waals surface area contributed by atoms with Crippen molar-refractivity contribution in [3.8, 4) is 23.0 Å². The Morgan fingerprint density at radius 3 is 2.28 bits per heavy atom. The Bertz CT molecular complexity index is 1080. The summed E-state index contributed by atoms with van der Waals surface area (Å²) in [6, 6.07) is 15.8. The first-order valence-electron chi connectivity index (χ1n) is 10.7. The Balaban J connectivity index is 1.87. The first kappa shape index (κ1) is 23.3. The van der Waals surface area contributed by atoms with E-state index in [9.17, 15) is 4.79 Å². The molecule has 0 aliphatic heterocycles. The van der Waals surface area contributed by atoms with Crippen LogP contribution in [0.1, 0.15) is 24.5 Å². The maximum atomic E-state index is 13.2. The third kappa shape index (κ3) is 4.90. The lowest BCUT2D eigenvalue weighted by molar-refractivity contribution is -0.129. The van der Waals surface area contributed by atoms with E-state index >= 15 is 0 Å². The third-order valence-electron chi connectivity index (χ3n) is 5.41. The van der Waals surface area contributed by atoms with E-state index in [1.807, 2.05) is 24.3 Å². The standard InChI is InChI=1S/C26H31NO5/c1-6-15-32-22-13-11-18-9-7-8-10-20(18)21(22)17-27(2)24(28)16-19-12-14-23(29-3)26(31-5)25(19)30-4/h7-14H,6,15-17H2,1-5H3. The monoisotopic (exact) mass is 437 g/mol. The predicted octanol–water partition coefficient (Wildman–Crippen LogP) is 4.86. The Morgan fingerprint density at radius 2 is 1.59 bits per heavy atom. The van der Waals surface area contributed by atoms with Crippen LogP contribution >= 0.6 is 0 Å². The summed E-state index contributed by atoms with van der Waals surface area (Å²) in [5, 5.41) is 2.21. The minimum atomic E-state index is -0.0371. The number of hydrogen-bond acceptors (Lipinski definition) is 5. The highest BCUT2D eigenvalue weighted by Gasteiger charge is 2.21. The van der Waals surface area contributed by atoms with E-state index in [2.05, 4.69) is 25.1 Å². The van der Waals surface area contributed by atoms with Crippen LogP contribution in [0, 0.1) is 0 Å². The molecule has 0 saturated carbocycles. The number of carbonyl (C=O) groups is 1. The number of methoxy groups -OCH3 is 3. The van der Waals surface area contributed by atoms with Gasteiger partial charge in [0.25, 0.3) is 0 Å². The fraction of sp³-hybridized carbons (Fsp3) is 0.346. The molecule has 0 saturated heterocycles. The first-order valence-corrected chi connectivity index (χ1v) is 10.7. The largest absolute Gasteiger partial charge is 0.493 e. The molecule has 3 aromatic carbocycles. The van der Waals surface area contributed by atoms with Gasteiger partial charge in [0.05, 0.1) is 34.4 Å². The van der Waals surface area contributed by atoms with Gasteiger partial charge in [0.15, 0.2) is 11.5 Å². The lowest BCUT2D eigenvalue weighted by Gasteiger charge is -2.22. The zero-order chi connectivity index (χ0) is 23.1. The molecule has 6 heteroatoms. The smallest absolute Gasteiger partial charge is 0.227 e. The normalized spacial score (nSPS) is 10.7. The molecule has 0 N–H and O–H groups in total. The number of hydrogen-bond donors (Lipinski definition) is 0. The third-order valence-corrected chi connectivity index (χ3v) is 5.41. The van der Waals surface area contributed by atoms with Crippen LogP contribution in [0.15, 0.2) is 48.5 Å².